The molecule has 12 heavy (non-hydrogen) atoms. The van der Waals surface area contributed by atoms with Gasteiger partial charge in [-0.1, -0.05) is 23.8 Å². The van der Waals surface area contributed by atoms with Crippen LogP contribution in [0, 0.1) is 0 Å². The topological polar surface area (TPSA) is 47.6 Å². The normalized spacial score (nSPS) is 22.8. The van der Waals surface area contributed by atoms with Crippen LogP contribution in [0.2, 0.25) is 0 Å². The molecule has 2 rings (SSSR count). The van der Waals surface area contributed by atoms with Gasteiger partial charge in [0.15, 0.2) is 5.75 Å². The average Bonchev–Trinajstić information content (AvgIpc) is 2.47. The molecule has 0 saturated carbocycles. The Kier molecular flexibility index (Phi) is 2.17. The first-order valence-corrected chi connectivity index (χ1v) is 5.14. The molecule has 1 atom stereocenters. The second-order valence-corrected chi connectivity index (χ2v) is 3.84. The van der Waals surface area contributed by atoms with Crippen LogP contribution < -0.4 is 8.91 Å². The van der Waals surface area contributed by atoms with Crippen LogP contribution in [0.25, 0.3) is 0 Å². The van der Waals surface area contributed by atoms with Crippen LogP contribution in [0.4, 0.5) is 5.69 Å². The Balaban J connectivity index is 2.16. The molecule has 1 N–H and O–H groups in total. The minimum absolute atomic E-state index is 0.364. The summed E-state index contributed by atoms with van der Waals surface area (Å²) < 4.78 is 23.0. The molecule has 1 aliphatic heterocycles. The van der Waals surface area contributed by atoms with E-state index >= 15 is 0 Å². The first-order valence-electron chi connectivity index (χ1n) is 3.24. The van der Waals surface area contributed by atoms with Crippen LogP contribution in [0.5, 0.6) is 5.75 Å². The van der Waals surface area contributed by atoms with Gasteiger partial charge in [0.25, 0.3) is 0 Å². The Morgan fingerprint density at radius 2 is 2.33 bits per heavy atom. The lowest BCUT2D eigenvalue weighted by molar-refractivity contribution is 0.520. The zero-order valence-corrected chi connectivity index (χ0v) is 7.72. The molecule has 0 spiro atoms. The van der Waals surface area contributed by atoms with Gasteiger partial charge in [0.1, 0.15) is 0 Å². The molecule has 0 fully saturated rings. The van der Waals surface area contributed by atoms with E-state index in [9.17, 15) is 4.57 Å². The predicted octanol–water partition coefficient (Wildman–Crippen LogP) is 2.46. The molecule has 1 aliphatic rings. The molecule has 0 saturated heterocycles. The summed E-state index contributed by atoms with van der Waals surface area (Å²) in [7, 11) is -0.364. The van der Waals surface area contributed by atoms with Gasteiger partial charge in [0.2, 0.25) is 0 Å². The van der Waals surface area contributed by atoms with Gasteiger partial charge in [-0.2, -0.15) is 3.97 Å². The third-order valence-electron chi connectivity index (χ3n) is 1.39. The van der Waals surface area contributed by atoms with Crippen LogP contribution in [-0.4, -0.2) is 0 Å². The molecule has 0 aliphatic carbocycles. The monoisotopic (exact) mass is 203 g/mol. The van der Waals surface area contributed by atoms with Crippen LogP contribution >= 0.6 is 20.3 Å². The summed E-state index contributed by atoms with van der Waals surface area (Å²) >= 11 is -1.25. The maximum atomic E-state index is 10.1. The van der Waals surface area contributed by atoms with Crippen molar-refractivity contribution in [1.29, 1.82) is 0 Å². The van der Waals surface area contributed by atoms with Crippen LogP contribution in [0.1, 0.15) is 0 Å². The number of hydrogen-bond acceptors (Lipinski definition) is 4. The number of anilines is 1. The van der Waals surface area contributed by atoms with E-state index in [1.165, 1.54) is 0 Å². The summed E-state index contributed by atoms with van der Waals surface area (Å²) in [5.41, 5.74) is 0.882. The Morgan fingerprint density at radius 1 is 1.50 bits per heavy atom. The van der Waals surface area contributed by atoms with Crippen molar-refractivity contribution in [2.75, 3.05) is 4.72 Å². The van der Waals surface area contributed by atoms with Gasteiger partial charge in [-0.05, 0) is 12.1 Å². The van der Waals surface area contributed by atoms with Gasteiger partial charge in [-0.25, -0.2) is 4.57 Å². The Labute approximate surface area is 74.1 Å². The summed E-state index contributed by atoms with van der Waals surface area (Å²) in [6.07, 6.45) is 0. The van der Waals surface area contributed by atoms with Crippen molar-refractivity contribution in [2.24, 2.45) is 0 Å². The predicted molar refractivity (Wildman–Crippen MR) is 48.4 cm³/mol. The van der Waals surface area contributed by atoms with Crippen molar-refractivity contribution in [1.82, 2.24) is 0 Å². The van der Waals surface area contributed by atoms with Crippen molar-refractivity contribution in [3.05, 3.63) is 24.3 Å². The van der Waals surface area contributed by atoms with Gasteiger partial charge >= 0.3 is 8.69 Å². The van der Waals surface area contributed by atoms with Crippen molar-refractivity contribution >= 4 is 26.0 Å². The van der Waals surface area contributed by atoms with E-state index in [0.717, 1.165) is 11.4 Å². The molecule has 0 aromatic heterocycles. The van der Waals surface area contributed by atoms with E-state index in [2.05, 4.69) is 4.72 Å². The van der Waals surface area contributed by atoms with Crippen LogP contribution in [0.3, 0.4) is 0 Å². The van der Waals surface area contributed by atoms with Crippen molar-refractivity contribution in [3.63, 3.8) is 0 Å². The highest BCUT2D eigenvalue weighted by molar-refractivity contribution is 8.11. The number of fused-ring (bicyclic) bond motifs is 1. The lowest BCUT2D eigenvalue weighted by atomic mass is 10.3. The van der Waals surface area contributed by atoms with Gasteiger partial charge in [-0.3, -0.25) is 4.72 Å². The van der Waals surface area contributed by atoms with E-state index < -0.39 is 11.6 Å². The standard InChI is InChI=1S/C6H6NO3PS/c8-11-10-12-7-5-3-1-2-4-6(5)9-12/h1-4,7,12H. The van der Waals surface area contributed by atoms with E-state index in [4.69, 9.17) is 8.15 Å². The fourth-order valence-corrected chi connectivity index (χ4v) is 2.22. The molecular formula is C6H6NO3PS. The fraction of sp³-hybridized carbons (Fsp3) is 0. The van der Waals surface area contributed by atoms with Gasteiger partial charge in [-0.15, -0.1) is 0 Å². The Bertz CT molecular complexity index is 284. The summed E-state index contributed by atoms with van der Waals surface area (Å²) in [4.78, 5) is 0. The van der Waals surface area contributed by atoms with E-state index in [1.807, 2.05) is 24.3 Å². The molecule has 0 radical (unpaired) electrons. The molecule has 64 valence electrons. The summed E-state index contributed by atoms with van der Waals surface area (Å²) in [6, 6.07) is 7.47. The lowest BCUT2D eigenvalue weighted by Gasteiger charge is -2.13. The minimum atomic E-state index is -1.25. The first-order chi connectivity index (χ1) is 5.90. The molecule has 1 aromatic rings. The molecule has 4 nitrogen and oxygen atoms in total. The first kappa shape index (κ1) is 7.86. The third kappa shape index (κ3) is 1.39. The lowest BCUT2D eigenvalue weighted by Crippen LogP contribution is -1.90. The van der Waals surface area contributed by atoms with Crippen LogP contribution in [-0.2, 0) is 8.54 Å². The number of thiol groups is 1. The minimum Gasteiger partial charge on any atom is -0.373 e. The second-order valence-electron chi connectivity index (χ2n) is 2.11. The van der Waals surface area contributed by atoms with Crippen molar-refractivity contribution < 1.29 is 12.7 Å². The zero-order valence-electron chi connectivity index (χ0n) is 5.93. The largest absolute Gasteiger partial charge is 0.373 e. The molecular weight excluding hydrogens is 197 g/mol. The Hall–Kier alpha value is -0.770. The number of nitrogens with one attached hydrogen (secondary N) is 1. The van der Waals surface area contributed by atoms with Gasteiger partial charge in [0.05, 0.1) is 5.69 Å². The van der Waals surface area contributed by atoms with Gasteiger partial charge in [0, 0.05) is 0 Å². The van der Waals surface area contributed by atoms with E-state index in [1.54, 1.807) is 0 Å². The Morgan fingerprint density at radius 3 is 3.08 bits per heavy atom. The highest BCUT2D eigenvalue weighted by atomic mass is 32.2. The maximum absolute atomic E-state index is 10.1. The summed E-state index contributed by atoms with van der Waals surface area (Å²) in [5, 5.41) is 0. The van der Waals surface area contributed by atoms with Crippen LogP contribution in [0.15, 0.2) is 24.3 Å². The molecule has 1 aromatic carbocycles. The average molecular weight is 203 g/mol. The highest BCUT2D eigenvalue weighted by Gasteiger charge is 2.16. The summed E-state index contributed by atoms with van der Waals surface area (Å²) in [6.45, 7) is 0. The number of hydrogen-bond donors (Lipinski definition) is 2. The smallest absolute Gasteiger partial charge is 0.350 e. The highest BCUT2D eigenvalue weighted by Crippen LogP contribution is 2.45. The molecule has 1 unspecified atom stereocenters. The van der Waals surface area contributed by atoms with Crippen molar-refractivity contribution in [2.45, 2.75) is 0 Å². The second kappa shape index (κ2) is 3.31. The third-order valence-corrected chi connectivity index (χ3v) is 3.03. The molecule has 0 bridgehead atoms. The zero-order chi connectivity index (χ0) is 8.39. The van der Waals surface area contributed by atoms with Crippen molar-refractivity contribution in [3.8, 4) is 5.75 Å². The maximum Gasteiger partial charge on any atom is 0.350 e. The van der Waals surface area contributed by atoms with E-state index in [-0.39, 0.29) is 8.69 Å². The number of rotatable bonds is 2. The SMILES string of the molecule is O=PO[SH]1Nc2ccccc2O1. The molecule has 1 heterocycles. The number of benzene rings is 1. The van der Waals surface area contributed by atoms with E-state index in [0.29, 0.717) is 0 Å². The molecule has 6 heteroatoms. The van der Waals surface area contributed by atoms with Gasteiger partial charge < -0.3 is 4.18 Å². The quantitative estimate of drug-likeness (QED) is 0.572. The molecule has 0 amide bonds. The fourth-order valence-electron chi connectivity index (χ4n) is 0.916. The summed E-state index contributed by atoms with van der Waals surface area (Å²) in [5.74, 6) is 0.743. The number of para-hydroxylation sites is 2.